The van der Waals surface area contributed by atoms with E-state index < -0.39 is 16.1 Å². The maximum atomic E-state index is 11.8. The number of terminal acetylenes is 1. The van der Waals surface area contributed by atoms with Gasteiger partial charge in [-0.25, -0.2) is 29.3 Å². The third kappa shape index (κ3) is 11.8. The van der Waals surface area contributed by atoms with Crippen molar-refractivity contribution < 1.29 is 9.59 Å². The minimum Gasteiger partial charge on any atom is -0.293 e. The van der Waals surface area contributed by atoms with Gasteiger partial charge in [0.05, 0.1) is 34.8 Å². The largest absolute Gasteiger partial charge is 0.293 e. The predicted octanol–water partition coefficient (Wildman–Crippen LogP) is 11.3. The maximum Gasteiger partial charge on any atom is 0.178 e. The molecular formula is C50H49IN8O2Si2. The molecule has 0 aliphatic heterocycles. The monoisotopic (exact) mass is 976 g/mol. The molecule has 0 radical (unpaired) electrons. The summed E-state index contributed by atoms with van der Waals surface area (Å²) in [5, 5.41) is 11.2. The number of ketones is 2. The SMILES string of the molecule is C#C[Si](C)(C)C.CC(=O)c1cccc(-c2cc(C#C[Si](C)(C)C)c3cnn(-c4cccc(C)n4)c3c2)n1.CC(=O)c1cccc(-c2cc(I)c3cnn(-c4cccc(C)n4)c3c2)n1. The second-order valence-electron chi connectivity index (χ2n) is 17.1. The second-order valence-corrected chi connectivity index (χ2v) is 27.8. The number of rotatable bonds is 6. The molecule has 0 bridgehead atoms. The molecule has 63 heavy (non-hydrogen) atoms. The van der Waals surface area contributed by atoms with Crippen LogP contribution in [0.25, 0.3) is 56.0 Å². The number of aryl methyl sites for hydroxylation is 2. The van der Waals surface area contributed by atoms with Crippen LogP contribution in [-0.2, 0) is 0 Å². The quantitative estimate of drug-likeness (QED) is 0.0699. The third-order valence-electron chi connectivity index (χ3n) is 9.32. The zero-order valence-corrected chi connectivity index (χ0v) is 41.4. The molecule has 0 saturated heterocycles. The number of aromatic nitrogens is 8. The molecule has 0 amide bonds. The molecule has 10 nitrogen and oxygen atoms in total. The number of Topliss-reactive ketones (excluding diaryl/α,β-unsaturated/α-hetero) is 2. The number of hydrogen-bond donors (Lipinski definition) is 0. The molecule has 0 aliphatic carbocycles. The van der Waals surface area contributed by atoms with Crippen molar-refractivity contribution in [1.82, 2.24) is 39.5 Å². The summed E-state index contributed by atoms with van der Waals surface area (Å²) < 4.78 is 4.74. The van der Waals surface area contributed by atoms with Gasteiger partial charge in [0.2, 0.25) is 0 Å². The molecule has 0 N–H and O–H groups in total. The molecule has 6 heterocycles. The minimum absolute atomic E-state index is 0.0448. The van der Waals surface area contributed by atoms with Crippen LogP contribution in [0.2, 0.25) is 39.3 Å². The lowest BCUT2D eigenvalue weighted by Gasteiger charge is -2.09. The van der Waals surface area contributed by atoms with E-state index in [0.29, 0.717) is 11.4 Å². The normalized spacial score (nSPS) is 11.1. The standard InChI is InChI=1S/C25H24N4OSi.C20H15IN4O.C5H10Si/c1-17-8-6-11-25(27-17)29-24-15-20(23-10-7-9-22(28-23)18(2)30)14-19(21(24)16-26-29)12-13-31(3,4)5;1-12-5-3-8-20(23-12)25-19-10-14(9-16(21)15(19)11-22-25)18-7-4-6-17(24-18)13(2)26;1-5-6(2,3)4/h6-11,14-16H,1-5H3;3-11H,1-2H3;1H,2-4H3. The van der Waals surface area contributed by atoms with Crippen LogP contribution in [0.1, 0.15) is 51.8 Å². The molecule has 8 aromatic rings. The highest BCUT2D eigenvalue weighted by molar-refractivity contribution is 14.1. The molecule has 8 rings (SSSR count). The van der Waals surface area contributed by atoms with Crippen LogP contribution in [0, 0.1) is 40.8 Å². The fourth-order valence-corrected chi connectivity index (χ4v) is 7.37. The van der Waals surface area contributed by atoms with E-state index >= 15 is 0 Å². The molecule has 0 unspecified atom stereocenters. The first-order valence-corrected chi connectivity index (χ1v) is 28.4. The Labute approximate surface area is 384 Å². The lowest BCUT2D eigenvalue weighted by Crippen LogP contribution is -2.16. The second kappa shape index (κ2) is 19.3. The zero-order chi connectivity index (χ0) is 45.6. The zero-order valence-electron chi connectivity index (χ0n) is 37.2. The first kappa shape index (κ1) is 46.1. The first-order chi connectivity index (χ1) is 29.8. The van der Waals surface area contributed by atoms with Crippen molar-refractivity contribution in [3.63, 3.8) is 0 Å². The average Bonchev–Trinajstić information content (AvgIpc) is 3.88. The van der Waals surface area contributed by atoms with Crippen molar-refractivity contribution in [2.75, 3.05) is 0 Å². The van der Waals surface area contributed by atoms with Gasteiger partial charge in [0.25, 0.3) is 0 Å². The van der Waals surface area contributed by atoms with Crippen molar-refractivity contribution in [2.24, 2.45) is 0 Å². The van der Waals surface area contributed by atoms with Crippen LogP contribution in [0.4, 0.5) is 0 Å². The summed E-state index contributed by atoms with van der Waals surface area (Å²) >= 11 is 2.30. The first-order valence-electron chi connectivity index (χ1n) is 20.3. The number of benzene rings is 2. The number of halogens is 1. The van der Waals surface area contributed by atoms with E-state index in [1.54, 1.807) is 12.1 Å². The van der Waals surface area contributed by atoms with Gasteiger partial charge in [-0.1, -0.05) is 69.5 Å². The Kier molecular flexibility index (Phi) is 14.2. The molecule has 316 valence electrons. The van der Waals surface area contributed by atoms with Crippen molar-refractivity contribution in [3.8, 4) is 57.6 Å². The Morgan fingerprint density at radius 1 is 0.603 bits per heavy atom. The number of carbonyl (C=O) groups is 2. The molecule has 0 fully saturated rings. The predicted molar refractivity (Wildman–Crippen MR) is 269 cm³/mol. The summed E-state index contributed by atoms with van der Waals surface area (Å²) in [4.78, 5) is 41.8. The number of hydrogen-bond acceptors (Lipinski definition) is 8. The van der Waals surface area contributed by atoms with Crippen molar-refractivity contribution >= 4 is 72.1 Å². The van der Waals surface area contributed by atoms with Crippen LogP contribution >= 0.6 is 22.6 Å². The van der Waals surface area contributed by atoms with Crippen LogP contribution in [0.15, 0.2) is 109 Å². The number of pyridine rings is 4. The molecule has 0 spiro atoms. The highest BCUT2D eigenvalue weighted by atomic mass is 127. The molecule has 13 heteroatoms. The van der Waals surface area contributed by atoms with Crippen LogP contribution in [-0.4, -0.2) is 67.2 Å². The Morgan fingerprint density at radius 2 is 1.05 bits per heavy atom. The fourth-order valence-electron chi connectivity index (χ4n) is 6.11. The molecule has 6 aromatic heterocycles. The lowest BCUT2D eigenvalue weighted by atomic mass is 10.0. The summed E-state index contributed by atoms with van der Waals surface area (Å²) in [6.45, 7) is 20.1. The Balaban J connectivity index is 0.000000188. The van der Waals surface area contributed by atoms with E-state index in [1.807, 2.05) is 114 Å². The highest BCUT2D eigenvalue weighted by Gasteiger charge is 2.16. The van der Waals surface area contributed by atoms with E-state index in [4.69, 9.17) is 6.42 Å². The van der Waals surface area contributed by atoms with Crippen LogP contribution < -0.4 is 0 Å². The van der Waals surface area contributed by atoms with Gasteiger partial charge in [-0.3, -0.25) is 9.59 Å². The van der Waals surface area contributed by atoms with Gasteiger partial charge in [-0.2, -0.15) is 10.2 Å². The van der Waals surface area contributed by atoms with E-state index in [1.165, 1.54) is 13.8 Å². The number of nitrogens with zero attached hydrogens (tertiary/aromatic N) is 8. The van der Waals surface area contributed by atoms with Gasteiger partial charge in [0.15, 0.2) is 23.2 Å². The Hall–Kier alpha value is -6.40. The van der Waals surface area contributed by atoms with Gasteiger partial charge in [-0.15, -0.1) is 17.5 Å². The van der Waals surface area contributed by atoms with Crippen molar-refractivity contribution in [3.05, 3.63) is 141 Å². The average molecular weight is 977 g/mol. The van der Waals surface area contributed by atoms with E-state index in [9.17, 15) is 9.59 Å². The van der Waals surface area contributed by atoms with Crippen molar-refractivity contribution in [2.45, 2.75) is 67.0 Å². The lowest BCUT2D eigenvalue weighted by molar-refractivity contribution is 0.100. The van der Waals surface area contributed by atoms with Gasteiger partial charge in [-0.05, 0) is 109 Å². The smallest absolute Gasteiger partial charge is 0.178 e. The number of fused-ring (bicyclic) bond motifs is 2. The maximum absolute atomic E-state index is 11.8. The van der Waals surface area contributed by atoms with Crippen molar-refractivity contribution in [1.29, 1.82) is 0 Å². The molecule has 0 saturated carbocycles. The summed E-state index contributed by atoms with van der Waals surface area (Å²) in [5.74, 6) is 4.82. The summed E-state index contributed by atoms with van der Waals surface area (Å²) in [7, 11) is -2.68. The number of carbonyl (C=O) groups excluding carboxylic acids is 2. The topological polar surface area (TPSA) is 121 Å². The summed E-state index contributed by atoms with van der Waals surface area (Å²) in [6.07, 6.45) is 8.81. The van der Waals surface area contributed by atoms with Crippen LogP contribution in [0.5, 0.6) is 0 Å². The van der Waals surface area contributed by atoms with Gasteiger partial charge in [0.1, 0.15) is 27.5 Å². The molecule has 2 aromatic carbocycles. The minimum atomic E-state index is -1.57. The van der Waals surface area contributed by atoms with Gasteiger partial charge in [0, 0.05) is 56.3 Å². The van der Waals surface area contributed by atoms with Gasteiger partial charge < -0.3 is 0 Å². The highest BCUT2D eigenvalue weighted by Crippen LogP contribution is 2.31. The van der Waals surface area contributed by atoms with E-state index in [0.717, 1.165) is 76.5 Å². The molecule has 0 atom stereocenters. The van der Waals surface area contributed by atoms with Crippen LogP contribution in [0.3, 0.4) is 0 Å². The fraction of sp³-hybridized carbons (Fsp3) is 0.200. The third-order valence-corrected chi connectivity index (χ3v) is 12.0. The Morgan fingerprint density at radius 3 is 1.49 bits per heavy atom. The Bertz CT molecular complexity index is 3120. The molecule has 0 aliphatic rings. The van der Waals surface area contributed by atoms with E-state index in [-0.39, 0.29) is 11.6 Å². The van der Waals surface area contributed by atoms with E-state index in [2.05, 4.69) is 115 Å². The summed E-state index contributed by atoms with van der Waals surface area (Å²) in [6, 6.07) is 30.9. The molecular weight excluding hydrogens is 928 g/mol. The van der Waals surface area contributed by atoms with Gasteiger partial charge >= 0.3 is 0 Å². The summed E-state index contributed by atoms with van der Waals surface area (Å²) in [5.41, 5.74) is 15.1.